The van der Waals surface area contributed by atoms with Gasteiger partial charge in [0, 0.05) is 23.5 Å². The molecule has 3 N–H and O–H groups in total. The number of thioether (sulfide) groups is 1. The summed E-state index contributed by atoms with van der Waals surface area (Å²) >= 11 is 6.57. The molecule has 0 spiro atoms. The second-order valence-corrected chi connectivity index (χ2v) is 7.11. The number of hydrazine groups is 1. The summed E-state index contributed by atoms with van der Waals surface area (Å²) in [6.07, 6.45) is 0.122. The van der Waals surface area contributed by atoms with E-state index in [1.165, 1.54) is 36.0 Å². The van der Waals surface area contributed by atoms with Crippen molar-refractivity contribution >= 4 is 52.3 Å². The van der Waals surface area contributed by atoms with Crippen LogP contribution in [0.15, 0.2) is 53.4 Å². The second kappa shape index (κ2) is 8.83. The van der Waals surface area contributed by atoms with Gasteiger partial charge in [0.1, 0.15) is 5.82 Å². The molecule has 0 atom stereocenters. The summed E-state index contributed by atoms with van der Waals surface area (Å²) in [5.74, 6) is -0.308. The van der Waals surface area contributed by atoms with Gasteiger partial charge in [-0.3, -0.25) is 20.4 Å². The number of carbonyl (C=O) groups is 2. The van der Waals surface area contributed by atoms with Gasteiger partial charge in [-0.15, -0.1) is 11.8 Å². The van der Waals surface area contributed by atoms with Crippen LogP contribution in [0.3, 0.4) is 0 Å². The largest absolute Gasteiger partial charge is 0.331 e. The van der Waals surface area contributed by atoms with E-state index >= 15 is 0 Å². The smallest absolute Gasteiger partial charge is 0.240 e. The Morgan fingerprint density at radius 1 is 1.15 bits per heavy atom. The molecule has 6 nitrogen and oxygen atoms in total. The van der Waals surface area contributed by atoms with Crippen molar-refractivity contribution < 1.29 is 14.0 Å². The number of nitrogens with one attached hydrogen (secondary N) is 3. The lowest BCUT2D eigenvalue weighted by molar-refractivity contribution is -0.121. The predicted octanol–water partition coefficient (Wildman–Crippen LogP) is 2.67. The Hall–Kier alpha value is -2.65. The van der Waals surface area contributed by atoms with E-state index in [9.17, 15) is 14.0 Å². The van der Waals surface area contributed by atoms with E-state index in [0.29, 0.717) is 11.4 Å². The van der Waals surface area contributed by atoms with Crippen LogP contribution in [-0.2, 0) is 9.59 Å². The molecule has 0 saturated heterocycles. The zero-order valence-corrected chi connectivity index (χ0v) is 15.8. The van der Waals surface area contributed by atoms with Crippen LogP contribution in [0.2, 0.25) is 0 Å². The fourth-order valence-electron chi connectivity index (χ4n) is 2.50. The summed E-state index contributed by atoms with van der Waals surface area (Å²) in [6.45, 7) is 0.280. The minimum absolute atomic E-state index is 0.0204. The monoisotopic (exact) mass is 404 g/mol. The first-order chi connectivity index (χ1) is 13.0. The molecule has 0 saturated carbocycles. The van der Waals surface area contributed by atoms with Gasteiger partial charge in [0.2, 0.25) is 11.8 Å². The van der Waals surface area contributed by atoms with E-state index in [0.717, 1.165) is 10.6 Å². The van der Waals surface area contributed by atoms with Crippen molar-refractivity contribution in [2.45, 2.75) is 11.3 Å². The molecule has 0 aromatic heterocycles. The molecular weight excluding hydrogens is 387 g/mol. The Labute approximate surface area is 165 Å². The molecule has 3 rings (SSSR count). The van der Waals surface area contributed by atoms with Gasteiger partial charge < -0.3 is 10.2 Å². The van der Waals surface area contributed by atoms with Gasteiger partial charge in [0.15, 0.2) is 5.11 Å². The number of halogens is 1. The van der Waals surface area contributed by atoms with E-state index in [1.54, 1.807) is 4.90 Å². The molecule has 9 heteroatoms. The zero-order chi connectivity index (χ0) is 19.2. The predicted molar refractivity (Wildman–Crippen MR) is 108 cm³/mol. The first kappa shape index (κ1) is 19.1. The number of fused-ring (bicyclic) bond motifs is 1. The van der Waals surface area contributed by atoms with Crippen LogP contribution in [0, 0.1) is 5.82 Å². The third kappa shape index (κ3) is 5.18. The molecule has 0 aliphatic carbocycles. The number of para-hydroxylation sites is 1. The fourth-order valence-corrected chi connectivity index (χ4v) is 3.60. The van der Waals surface area contributed by atoms with Crippen molar-refractivity contribution in [3.8, 4) is 0 Å². The summed E-state index contributed by atoms with van der Waals surface area (Å²) < 4.78 is 12.9. The molecule has 1 heterocycles. The number of thiocarbonyl (C=S) groups is 1. The van der Waals surface area contributed by atoms with Crippen molar-refractivity contribution in [3.05, 3.63) is 54.3 Å². The molecule has 27 heavy (non-hydrogen) atoms. The number of anilines is 2. The maximum absolute atomic E-state index is 12.9. The molecule has 2 amide bonds. The van der Waals surface area contributed by atoms with Crippen LogP contribution >= 0.6 is 24.0 Å². The molecule has 1 aliphatic rings. The Kier molecular flexibility index (Phi) is 6.25. The van der Waals surface area contributed by atoms with Gasteiger partial charge in [-0.1, -0.05) is 12.1 Å². The molecule has 0 unspecified atom stereocenters. The number of nitrogens with zero attached hydrogens (tertiary/aromatic N) is 1. The number of hydrogen-bond acceptors (Lipinski definition) is 4. The highest BCUT2D eigenvalue weighted by Crippen LogP contribution is 2.34. The van der Waals surface area contributed by atoms with Crippen molar-refractivity contribution in [2.75, 3.05) is 22.5 Å². The molecule has 2 aromatic carbocycles. The van der Waals surface area contributed by atoms with E-state index in [-0.39, 0.29) is 35.7 Å². The van der Waals surface area contributed by atoms with E-state index in [4.69, 9.17) is 12.2 Å². The molecule has 0 bridgehead atoms. The lowest BCUT2D eigenvalue weighted by Crippen LogP contribution is -2.45. The topological polar surface area (TPSA) is 73.5 Å². The van der Waals surface area contributed by atoms with Gasteiger partial charge in [-0.05, 0) is 48.6 Å². The summed E-state index contributed by atoms with van der Waals surface area (Å²) in [6, 6.07) is 13.3. The van der Waals surface area contributed by atoms with Crippen molar-refractivity contribution in [1.82, 2.24) is 10.9 Å². The lowest BCUT2D eigenvalue weighted by Gasteiger charge is -2.28. The average Bonchev–Trinajstić information content (AvgIpc) is 2.67. The highest BCUT2D eigenvalue weighted by Gasteiger charge is 2.24. The number of hydrogen-bond donors (Lipinski definition) is 3. The third-order valence-electron chi connectivity index (χ3n) is 3.79. The molecule has 2 aromatic rings. The first-order valence-electron chi connectivity index (χ1n) is 8.16. The minimum atomic E-state index is -0.347. The van der Waals surface area contributed by atoms with Crippen molar-refractivity contribution in [2.24, 2.45) is 0 Å². The lowest BCUT2D eigenvalue weighted by atomic mass is 10.2. The Balaban J connectivity index is 1.46. The number of rotatable bonds is 4. The van der Waals surface area contributed by atoms with E-state index < -0.39 is 0 Å². The van der Waals surface area contributed by atoms with E-state index in [1.807, 2.05) is 24.3 Å². The average molecular weight is 404 g/mol. The summed E-state index contributed by atoms with van der Waals surface area (Å²) in [7, 11) is 0. The van der Waals surface area contributed by atoms with Crippen LogP contribution in [0.5, 0.6) is 0 Å². The highest BCUT2D eigenvalue weighted by molar-refractivity contribution is 8.00. The maximum atomic E-state index is 12.9. The standard InChI is InChI=1S/C18H17FN4O2S2/c19-12-5-7-13(8-6-12)20-18(26)22-21-16(24)9-10-23-14-3-1-2-4-15(14)27-11-17(23)25/h1-8H,9-11H2,(H,21,24)(H2,20,22,26). The van der Waals surface area contributed by atoms with Crippen LogP contribution in [0.25, 0.3) is 0 Å². The minimum Gasteiger partial charge on any atom is -0.331 e. The molecule has 0 radical (unpaired) electrons. The quantitative estimate of drug-likeness (QED) is 0.538. The summed E-state index contributed by atoms with van der Waals surface area (Å²) in [5, 5.41) is 2.99. The number of benzene rings is 2. The molecule has 140 valence electrons. The summed E-state index contributed by atoms with van der Waals surface area (Å²) in [5.41, 5.74) is 6.49. The van der Waals surface area contributed by atoms with Crippen LogP contribution < -0.4 is 21.1 Å². The Bertz CT molecular complexity index is 861. The van der Waals surface area contributed by atoms with Gasteiger partial charge >= 0.3 is 0 Å². The molecule has 1 aliphatic heterocycles. The molecule has 0 fully saturated rings. The van der Waals surface area contributed by atoms with Gasteiger partial charge in [-0.2, -0.15) is 0 Å². The van der Waals surface area contributed by atoms with Crippen LogP contribution in [0.1, 0.15) is 6.42 Å². The second-order valence-electron chi connectivity index (χ2n) is 5.69. The normalized spacial score (nSPS) is 12.9. The van der Waals surface area contributed by atoms with Gasteiger partial charge in [0.25, 0.3) is 0 Å². The highest BCUT2D eigenvalue weighted by atomic mass is 32.2. The van der Waals surface area contributed by atoms with Gasteiger partial charge in [0.05, 0.1) is 11.4 Å². The SMILES string of the molecule is O=C(CCN1C(=O)CSc2ccccc21)NNC(=S)Nc1ccc(F)cc1. The first-order valence-corrected chi connectivity index (χ1v) is 9.56. The number of amides is 2. The molecular formula is C18H17FN4O2S2. The Morgan fingerprint density at radius 2 is 1.89 bits per heavy atom. The van der Waals surface area contributed by atoms with E-state index in [2.05, 4.69) is 16.2 Å². The third-order valence-corrected chi connectivity index (χ3v) is 5.04. The summed E-state index contributed by atoms with van der Waals surface area (Å²) in [4.78, 5) is 26.9. The van der Waals surface area contributed by atoms with Gasteiger partial charge in [-0.25, -0.2) is 4.39 Å². The zero-order valence-electron chi connectivity index (χ0n) is 14.2. The number of carbonyl (C=O) groups excluding carboxylic acids is 2. The fraction of sp³-hybridized carbons (Fsp3) is 0.167. The van der Waals surface area contributed by atoms with Crippen LogP contribution in [0.4, 0.5) is 15.8 Å². The Morgan fingerprint density at radius 3 is 2.67 bits per heavy atom. The maximum Gasteiger partial charge on any atom is 0.240 e. The van der Waals surface area contributed by atoms with Crippen LogP contribution in [-0.4, -0.2) is 29.2 Å². The van der Waals surface area contributed by atoms with Crippen molar-refractivity contribution in [3.63, 3.8) is 0 Å². The van der Waals surface area contributed by atoms with Crippen molar-refractivity contribution in [1.29, 1.82) is 0 Å².